The van der Waals surface area contributed by atoms with Gasteiger partial charge in [0.25, 0.3) is 11.7 Å². The molecule has 2 heterocycles. The molecule has 28 heavy (non-hydrogen) atoms. The number of nitrogens with two attached hydrogens (primary N) is 1. The predicted octanol–water partition coefficient (Wildman–Crippen LogP) is 2.16. The number of rotatable bonds is 4. The lowest BCUT2D eigenvalue weighted by atomic mass is 10.1. The van der Waals surface area contributed by atoms with Crippen LogP contribution in [0.15, 0.2) is 48.7 Å². The van der Waals surface area contributed by atoms with Gasteiger partial charge in [-0.05, 0) is 43.7 Å². The molecule has 0 bridgehead atoms. The highest BCUT2D eigenvalue weighted by Gasteiger charge is 2.35. The molecule has 142 valence electrons. The number of nitrogen functional groups attached to an aromatic ring is 1. The van der Waals surface area contributed by atoms with Crippen molar-refractivity contribution in [3.63, 3.8) is 0 Å². The van der Waals surface area contributed by atoms with Gasteiger partial charge in [0, 0.05) is 35.0 Å². The smallest absolute Gasteiger partial charge is 0.293 e. The van der Waals surface area contributed by atoms with Crippen LogP contribution in [0.1, 0.15) is 22.3 Å². The lowest BCUT2D eigenvalue weighted by Crippen LogP contribution is -2.44. The van der Waals surface area contributed by atoms with Gasteiger partial charge in [-0.25, -0.2) is 0 Å². The Balaban J connectivity index is 1.49. The summed E-state index contributed by atoms with van der Waals surface area (Å²) < 4.78 is 0. The highest BCUT2D eigenvalue weighted by Crippen LogP contribution is 2.23. The van der Waals surface area contributed by atoms with E-state index in [0.717, 1.165) is 11.3 Å². The fourth-order valence-electron chi connectivity index (χ4n) is 3.47. The van der Waals surface area contributed by atoms with Crippen LogP contribution in [-0.2, 0) is 9.59 Å². The molecule has 1 saturated heterocycles. The van der Waals surface area contributed by atoms with E-state index in [1.54, 1.807) is 23.1 Å². The third-order valence-corrected chi connectivity index (χ3v) is 5.01. The number of ketones is 1. The van der Waals surface area contributed by atoms with Crippen LogP contribution < -0.4 is 16.0 Å². The molecule has 4 N–H and O–H groups in total. The van der Waals surface area contributed by atoms with E-state index >= 15 is 0 Å². The fourth-order valence-corrected chi connectivity index (χ4v) is 3.47. The number of anilines is 2. The summed E-state index contributed by atoms with van der Waals surface area (Å²) in [5, 5.41) is 3.16. The number of Topliss-reactive ketones (excluding diaryl/α,β-unsaturated/α-hetero) is 1. The number of carbonyl (C=O) groups excluding carboxylic acids is 3. The minimum atomic E-state index is -0.799. The summed E-state index contributed by atoms with van der Waals surface area (Å²) in [6, 6.07) is 12.0. The van der Waals surface area contributed by atoms with Crippen LogP contribution in [0.3, 0.4) is 0 Å². The number of benzene rings is 2. The number of aryl methyl sites for hydroxylation is 1. The predicted molar refractivity (Wildman–Crippen MR) is 107 cm³/mol. The van der Waals surface area contributed by atoms with Gasteiger partial charge < -0.3 is 20.9 Å². The fraction of sp³-hybridized carbons (Fsp3) is 0.190. The molecule has 2 aromatic carbocycles. The van der Waals surface area contributed by atoms with Gasteiger partial charge in [0.15, 0.2) is 0 Å². The molecular formula is C21H20N4O3. The van der Waals surface area contributed by atoms with Gasteiger partial charge in [-0.3, -0.25) is 14.4 Å². The summed E-state index contributed by atoms with van der Waals surface area (Å²) in [5.74, 6) is -1.71. The summed E-state index contributed by atoms with van der Waals surface area (Å²) >= 11 is 0. The van der Waals surface area contributed by atoms with Crippen molar-refractivity contribution in [1.29, 1.82) is 0 Å². The topological polar surface area (TPSA) is 108 Å². The van der Waals surface area contributed by atoms with Gasteiger partial charge >= 0.3 is 0 Å². The number of nitrogens with one attached hydrogen (secondary N) is 2. The Morgan fingerprint density at radius 1 is 1.18 bits per heavy atom. The minimum absolute atomic E-state index is 0.215. The molecule has 7 heteroatoms. The normalized spacial score (nSPS) is 16.5. The maximum atomic E-state index is 12.7. The zero-order valence-corrected chi connectivity index (χ0v) is 15.4. The molecule has 1 aliphatic heterocycles. The van der Waals surface area contributed by atoms with Gasteiger partial charge in [0.2, 0.25) is 5.91 Å². The molecule has 2 amide bonds. The summed E-state index contributed by atoms with van der Waals surface area (Å²) in [6.45, 7) is 2.47. The van der Waals surface area contributed by atoms with E-state index in [1.165, 1.54) is 6.20 Å². The Morgan fingerprint density at radius 2 is 1.93 bits per heavy atom. The molecule has 1 atom stereocenters. The molecule has 3 aromatic rings. The second kappa shape index (κ2) is 6.84. The molecule has 0 radical (unpaired) electrons. The van der Waals surface area contributed by atoms with Crippen LogP contribution in [0.4, 0.5) is 11.4 Å². The highest BCUT2D eigenvalue weighted by atomic mass is 16.2. The van der Waals surface area contributed by atoms with Gasteiger partial charge in [-0.2, -0.15) is 0 Å². The molecule has 0 aliphatic carbocycles. The first-order valence-corrected chi connectivity index (χ1v) is 9.04. The van der Waals surface area contributed by atoms with E-state index in [-0.39, 0.29) is 11.5 Å². The number of amides is 2. The summed E-state index contributed by atoms with van der Waals surface area (Å²) in [5.41, 5.74) is 9.12. The summed E-state index contributed by atoms with van der Waals surface area (Å²) in [4.78, 5) is 42.4. The third kappa shape index (κ3) is 3.11. The second-order valence-electron chi connectivity index (χ2n) is 6.98. The minimum Gasteiger partial charge on any atom is -0.399 e. The van der Waals surface area contributed by atoms with Crippen LogP contribution >= 0.6 is 0 Å². The highest BCUT2D eigenvalue weighted by molar-refractivity contribution is 6.45. The molecule has 1 aliphatic rings. The van der Waals surface area contributed by atoms with E-state index in [2.05, 4.69) is 10.3 Å². The van der Waals surface area contributed by atoms with Gasteiger partial charge in [-0.15, -0.1) is 0 Å². The molecule has 1 aromatic heterocycles. The number of nitrogens with zero attached hydrogens (tertiary/aromatic N) is 1. The summed E-state index contributed by atoms with van der Waals surface area (Å²) in [7, 11) is 0. The average molecular weight is 376 g/mol. The van der Waals surface area contributed by atoms with Crippen LogP contribution in [0, 0.1) is 6.92 Å². The maximum Gasteiger partial charge on any atom is 0.293 e. The standard InChI is InChI=1S/C21H20N4O3/c1-12-2-5-14(6-3-12)25-9-8-18(21(25)28)24-20(27)19(26)16-11-23-17-7-4-13(22)10-15(16)17/h2-7,10-11,18,23H,8-9,22H2,1H3,(H,24,27). The van der Waals surface area contributed by atoms with Crippen molar-refractivity contribution in [3.05, 3.63) is 59.8 Å². The van der Waals surface area contributed by atoms with Crippen LogP contribution in [0.5, 0.6) is 0 Å². The number of carbonyl (C=O) groups is 3. The molecule has 7 nitrogen and oxygen atoms in total. The lowest BCUT2D eigenvalue weighted by molar-refractivity contribution is -0.124. The van der Waals surface area contributed by atoms with Crippen molar-refractivity contribution in [2.24, 2.45) is 0 Å². The largest absolute Gasteiger partial charge is 0.399 e. The molecule has 1 unspecified atom stereocenters. The second-order valence-corrected chi connectivity index (χ2v) is 6.98. The first kappa shape index (κ1) is 17.8. The van der Waals surface area contributed by atoms with Gasteiger partial charge in [0.05, 0.1) is 5.56 Å². The van der Waals surface area contributed by atoms with Crippen LogP contribution in [0.25, 0.3) is 10.9 Å². The van der Waals surface area contributed by atoms with E-state index in [1.807, 2.05) is 31.2 Å². The van der Waals surface area contributed by atoms with Crippen LogP contribution in [-0.4, -0.2) is 35.2 Å². The molecular weight excluding hydrogens is 356 g/mol. The van der Waals surface area contributed by atoms with Gasteiger partial charge in [-0.1, -0.05) is 17.7 Å². The Morgan fingerprint density at radius 3 is 2.68 bits per heavy atom. The first-order chi connectivity index (χ1) is 13.4. The van der Waals surface area contributed by atoms with E-state index < -0.39 is 17.7 Å². The van der Waals surface area contributed by atoms with Crippen molar-refractivity contribution in [2.45, 2.75) is 19.4 Å². The Labute approximate surface area is 161 Å². The number of hydrogen-bond donors (Lipinski definition) is 3. The van der Waals surface area contributed by atoms with Crippen molar-refractivity contribution in [2.75, 3.05) is 17.2 Å². The maximum absolute atomic E-state index is 12.7. The number of aromatic nitrogens is 1. The Bertz CT molecular complexity index is 1080. The van der Waals surface area contributed by atoms with Gasteiger partial charge in [0.1, 0.15) is 6.04 Å². The van der Waals surface area contributed by atoms with E-state index in [0.29, 0.717) is 29.6 Å². The third-order valence-electron chi connectivity index (χ3n) is 5.01. The first-order valence-electron chi connectivity index (χ1n) is 9.04. The SMILES string of the molecule is Cc1ccc(N2CCC(NC(=O)C(=O)c3c[nH]c4ccc(N)cc34)C2=O)cc1. The Hall–Kier alpha value is -3.61. The number of H-pyrrole nitrogens is 1. The monoisotopic (exact) mass is 376 g/mol. The molecule has 0 saturated carbocycles. The lowest BCUT2D eigenvalue weighted by Gasteiger charge is -2.17. The number of aromatic amines is 1. The van der Waals surface area contributed by atoms with Crippen LogP contribution in [0.2, 0.25) is 0 Å². The molecule has 4 rings (SSSR count). The zero-order valence-electron chi connectivity index (χ0n) is 15.4. The Kier molecular flexibility index (Phi) is 4.35. The number of hydrogen-bond acceptors (Lipinski definition) is 4. The molecule has 0 spiro atoms. The quantitative estimate of drug-likeness (QED) is 0.368. The molecule has 1 fully saturated rings. The zero-order chi connectivity index (χ0) is 19.8. The van der Waals surface area contributed by atoms with Crippen molar-refractivity contribution < 1.29 is 14.4 Å². The average Bonchev–Trinajstić information content (AvgIpc) is 3.25. The van der Waals surface area contributed by atoms with E-state index in [4.69, 9.17) is 5.73 Å². The summed E-state index contributed by atoms with van der Waals surface area (Å²) in [6.07, 6.45) is 1.94. The van der Waals surface area contributed by atoms with Crippen molar-refractivity contribution >= 4 is 39.9 Å². The van der Waals surface area contributed by atoms with Crippen molar-refractivity contribution in [3.8, 4) is 0 Å². The van der Waals surface area contributed by atoms with Crippen molar-refractivity contribution in [1.82, 2.24) is 10.3 Å². The number of fused-ring (bicyclic) bond motifs is 1. The van der Waals surface area contributed by atoms with E-state index in [9.17, 15) is 14.4 Å².